The minimum absolute atomic E-state index is 0.0778. The van der Waals surface area contributed by atoms with Crippen molar-refractivity contribution in [3.8, 4) is 0 Å². The molecule has 6 nitrogen and oxygen atoms in total. The molecule has 0 spiro atoms. The molecule has 0 aromatic heterocycles. The molecule has 7 heteroatoms. The second-order valence-electron chi connectivity index (χ2n) is 7.23. The molecule has 2 amide bonds. The highest BCUT2D eigenvalue weighted by atomic mass is 19.1. The van der Waals surface area contributed by atoms with Gasteiger partial charge >= 0.3 is 5.97 Å². The Balaban J connectivity index is 1.52. The Morgan fingerprint density at radius 2 is 1.53 bits per heavy atom. The third-order valence-electron chi connectivity index (χ3n) is 4.65. The van der Waals surface area contributed by atoms with Crippen molar-refractivity contribution in [3.05, 3.63) is 101 Å². The van der Waals surface area contributed by atoms with E-state index in [9.17, 15) is 18.8 Å². The van der Waals surface area contributed by atoms with Gasteiger partial charge in [0.15, 0.2) is 6.61 Å². The molecule has 0 fully saturated rings. The number of carbonyl (C=O) groups is 3. The van der Waals surface area contributed by atoms with E-state index in [-0.39, 0.29) is 12.3 Å². The fourth-order valence-corrected chi connectivity index (χ4v) is 2.93. The molecule has 164 valence electrons. The average molecular weight is 434 g/mol. The Bertz CT molecular complexity index is 1100. The maximum Gasteiger partial charge on any atom is 0.310 e. The number of hydrogen-bond acceptors (Lipinski definition) is 4. The molecule has 0 saturated heterocycles. The molecule has 0 aliphatic heterocycles. The molecule has 0 atom stereocenters. The van der Waals surface area contributed by atoms with Crippen LogP contribution >= 0.6 is 0 Å². The fraction of sp³-hybridized carbons (Fsp3) is 0.160. The van der Waals surface area contributed by atoms with Gasteiger partial charge in [0, 0.05) is 6.54 Å². The number of amides is 2. The van der Waals surface area contributed by atoms with Crippen molar-refractivity contribution in [1.82, 2.24) is 5.32 Å². The number of benzene rings is 3. The van der Waals surface area contributed by atoms with Gasteiger partial charge in [-0.3, -0.25) is 14.4 Å². The zero-order valence-corrected chi connectivity index (χ0v) is 17.6. The van der Waals surface area contributed by atoms with Gasteiger partial charge in [0.1, 0.15) is 5.82 Å². The van der Waals surface area contributed by atoms with Gasteiger partial charge in [0.05, 0.1) is 17.7 Å². The van der Waals surface area contributed by atoms with Gasteiger partial charge in [-0.2, -0.15) is 0 Å². The predicted octanol–water partition coefficient (Wildman–Crippen LogP) is 3.79. The molecular weight excluding hydrogens is 411 g/mol. The Kier molecular flexibility index (Phi) is 7.70. The van der Waals surface area contributed by atoms with Crippen LogP contribution in [0.15, 0.2) is 72.8 Å². The number of anilines is 1. The summed E-state index contributed by atoms with van der Waals surface area (Å²) in [6.07, 6.45) is -0.0778. The topological polar surface area (TPSA) is 84.5 Å². The summed E-state index contributed by atoms with van der Waals surface area (Å²) in [4.78, 5) is 36.7. The molecule has 32 heavy (non-hydrogen) atoms. The first-order chi connectivity index (χ1) is 15.4. The lowest BCUT2D eigenvalue weighted by atomic mass is 10.1. The molecule has 0 unspecified atom stereocenters. The number of carbonyl (C=O) groups excluding carboxylic acids is 3. The lowest BCUT2D eigenvalue weighted by Gasteiger charge is -2.12. The van der Waals surface area contributed by atoms with Gasteiger partial charge in [-0.25, -0.2) is 4.39 Å². The third-order valence-corrected chi connectivity index (χ3v) is 4.65. The Hall–Kier alpha value is -4.00. The van der Waals surface area contributed by atoms with Gasteiger partial charge in [-0.1, -0.05) is 54.1 Å². The Morgan fingerprint density at radius 3 is 2.25 bits per heavy atom. The molecule has 3 aromatic carbocycles. The second kappa shape index (κ2) is 10.9. The molecule has 0 bridgehead atoms. The van der Waals surface area contributed by atoms with Crippen LogP contribution in [0.2, 0.25) is 0 Å². The number of nitrogens with one attached hydrogen (secondary N) is 2. The summed E-state index contributed by atoms with van der Waals surface area (Å²) in [5.41, 5.74) is 3.27. The van der Waals surface area contributed by atoms with Crippen molar-refractivity contribution < 1.29 is 23.5 Å². The van der Waals surface area contributed by atoms with Crippen molar-refractivity contribution in [2.75, 3.05) is 11.9 Å². The molecule has 3 rings (SSSR count). The van der Waals surface area contributed by atoms with Gasteiger partial charge in [-0.05, 0) is 42.3 Å². The van der Waals surface area contributed by atoms with E-state index in [0.29, 0.717) is 23.4 Å². The summed E-state index contributed by atoms with van der Waals surface area (Å²) in [6.45, 7) is 1.84. The summed E-state index contributed by atoms with van der Waals surface area (Å²) in [7, 11) is 0. The zero-order valence-electron chi connectivity index (χ0n) is 17.6. The SMILES string of the molecule is Cc1ccc(CNC(=O)c2ccccc2NC(=O)COC(=O)Cc2ccc(F)cc2)cc1. The van der Waals surface area contributed by atoms with Crippen LogP contribution in [0.25, 0.3) is 0 Å². The standard InChI is InChI=1S/C25H23FN2O4/c1-17-6-8-19(9-7-17)15-27-25(31)21-4-2-3-5-22(21)28-23(29)16-32-24(30)14-18-10-12-20(26)13-11-18/h2-13H,14-16H2,1H3,(H,27,31)(H,28,29). The minimum Gasteiger partial charge on any atom is -0.455 e. The summed E-state index contributed by atoms with van der Waals surface area (Å²) in [5, 5.41) is 5.42. The van der Waals surface area contributed by atoms with Crippen LogP contribution in [-0.4, -0.2) is 24.4 Å². The quantitative estimate of drug-likeness (QED) is 0.529. The van der Waals surface area contributed by atoms with Crippen LogP contribution in [0.1, 0.15) is 27.0 Å². The number of halogens is 1. The highest BCUT2D eigenvalue weighted by molar-refractivity contribution is 6.04. The van der Waals surface area contributed by atoms with E-state index in [1.54, 1.807) is 24.3 Å². The molecule has 0 radical (unpaired) electrons. The van der Waals surface area contributed by atoms with E-state index >= 15 is 0 Å². The molecule has 3 aromatic rings. The largest absolute Gasteiger partial charge is 0.455 e. The summed E-state index contributed by atoms with van der Waals surface area (Å²) in [6, 6.07) is 19.8. The number of esters is 1. The van der Waals surface area contributed by atoms with Crippen LogP contribution in [0.4, 0.5) is 10.1 Å². The van der Waals surface area contributed by atoms with Crippen molar-refractivity contribution >= 4 is 23.5 Å². The van der Waals surface area contributed by atoms with Crippen LogP contribution in [0.3, 0.4) is 0 Å². The highest BCUT2D eigenvalue weighted by Gasteiger charge is 2.14. The maximum atomic E-state index is 12.9. The number of rotatable bonds is 8. The molecule has 2 N–H and O–H groups in total. The van der Waals surface area contributed by atoms with E-state index < -0.39 is 24.3 Å². The van der Waals surface area contributed by atoms with Crippen molar-refractivity contribution in [1.29, 1.82) is 0 Å². The number of hydrogen-bond donors (Lipinski definition) is 2. The van der Waals surface area contributed by atoms with Crippen LogP contribution in [-0.2, 0) is 27.3 Å². The molecule has 0 aliphatic carbocycles. The van der Waals surface area contributed by atoms with E-state index in [1.165, 1.54) is 24.3 Å². The predicted molar refractivity (Wildman–Crippen MR) is 118 cm³/mol. The van der Waals surface area contributed by atoms with Crippen LogP contribution < -0.4 is 10.6 Å². The fourth-order valence-electron chi connectivity index (χ4n) is 2.93. The van der Waals surface area contributed by atoms with Crippen molar-refractivity contribution in [2.24, 2.45) is 0 Å². The van der Waals surface area contributed by atoms with E-state index in [0.717, 1.165) is 11.1 Å². The van der Waals surface area contributed by atoms with E-state index in [2.05, 4.69) is 10.6 Å². The second-order valence-corrected chi connectivity index (χ2v) is 7.23. The first-order valence-corrected chi connectivity index (χ1v) is 10.0. The van der Waals surface area contributed by atoms with Crippen LogP contribution in [0.5, 0.6) is 0 Å². The van der Waals surface area contributed by atoms with E-state index in [4.69, 9.17) is 4.74 Å². The average Bonchev–Trinajstić information content (AvgIpc) is 2.79. The van der Waals surface area contributed by atoms with Crippen molar-refractivity contribution in [3.63, 3.8) is 0 Å². The Morgan fingerprint density at radius 1 is 0.875 bits per heavy atom. The first kappa shape index (κ1) is 22.7. The molecular formula is C25H23FN2O4. The number of para-hydroxylation sites is 1. The van der Waals surface area contributed by atoms with E-state index in [1.807, 2.05) is 31.2 Å². The third kappa shape index (κ3) is 6.77. The summed E-state index contributed by atoms with van der Waals surface area (Å²) >= 11 is 0. The lowest BCUT2D eigenvalue weighted by molar-refractivity contribution is -0.146. The maximum absolute atomic E-state index is 12.9. The van der Waals surface area contributed by atoms with Gasteiger partial charge < -0.3 is 15.4 Å². The Labute approximate surface area is 185 Å². The number of aryl methyl sites for hydroxylation is 1. The molecule has 0 aliphatic rings. The van der Waals surface area contributed by atoms with Crippen LogP contribution in [0, 0.1) is 12.7 Å². The van der Waals surface area contributed by atoms with Crippen molar-refractivity contribution in [2.45, 2.75) is 19.9 Å². The normalized spacial score (nSPS) is 10.3. The molecule has 0 saturated carbocycles. The number of ether oxygens (including phenoxy) is 1. The van der Waals surface area contributed by atoms with Gasteiger partial charge in [0.2, 0.25) is 0 Å². The first-order valence-electron chi connectivity index (χ1n) is 10.0. The van der Waals surface area contributed by atoms with Gasteiger partial charge in [-0.15, -0.1) is 0 Å². The molecule has 0 heterocycles. The zero-order chi connectivity index (χ0) is 22.9. The highest BCUT2D eigenvalue weighted by Crippen LogP contribution is 2.15. The summed E-state index contributed by atoms with van der Waals surface area (Å²) in [5.74, 6) is -1.93. The summed E-state index contributed by atoms with van der Waals surface area (Å²) < 4.78 is 17.9. The lowest BCUT2D eigenvalue weighted by Crippen LogP contribution is -2.26. The monoisotopic (exact) mass is 434 g/mol. The smallest absolute Gasteiger partial charge is 0.310 e. The minimum atomic E-state index is -0.615. The van der Waals surface area contributed by atoms with Gasteiger partial charge in [0.25, 0.3) is 11.8 Å².